The number of esters is 1. The van der Waals surface area contributed by atoms with Crippen molar-refractivity contribution in [3.05, 3.63) is 54.6 Å². The lowest BCUT2D eigenvalue weighted by Gasteiger charge is -2.19. The Kier molecular flexibility index (Phi) is 9.25. The Balaban J connectivity index is 2.06. The summed E-state index contributed by atoms with van der Waals surface area (Å²) < 4.78 is 17.3. The Hall–Kier alpha value is -2.49. The number of carbonyl (C=O) groups is 1. The maximum atomic E-state index is 12.8. The van der Waals surface area contributed by atoms with Gasteiger partial charge in [-0.25, -0.2) is 4.79 Å². The SMILES string of the molecule is CCCCCCC(Oc1ccccc1)C(=O)Oc1ccccc1OCCC. The topological polar surface area (TPSA) is 44.8 Å². The molecule has 27 heavy (non-hydrogen) atoms. The number of ether oxygens (including phenoxy) is 3. The molecule has 0 fully saturated rings. The Morgan fingerprint density at radius 3 is 2.26 bits per heavy atom. The standard InChI is InChI=1S/C23H30O4/c1-3-5-6-10-17-22(26-19-13-8-7-9-14-19)23(24)27-21-16-12-11-15-20(21)25-18-4-2/h7-9,11-16,22H,3-6,10,17-18H2,1-2H3. The van der Waals surface area contributed by atoms with Crippen LogP contribution in [0.1, 0.15) is 52.4 Å². The van der Waals surface area contributed by atoms with Crippen LogP contribution in [-0.4, -0.2) is 18.7 Å². The molecule has 0 aromatic heterocycles. The molecule has 0 aliphatic carbocycles. The van der Waals surface area contributed by atoms with Crippen molar-refractivity contribution < 1.29 is 19.0 Å². The van der Waals surface area contributed by atoms with Crippen molar-refractivity contribution >= 4 is 5.97 Å². The Labute approximate surface area is 162 Å². The van der Waals surface area contributed by atoms with E-state index in [0.717, 1.165) is 32.1 Å². The first-order chi connectivity index (χ1) is 13.2. The zero-order chi connectivity index (χ0) is 19.3. The maximum absolute atomic E-state index is 12.8. The second kappa shape index (κ2) is 12.0. The fourth-order valence-corrected chi connectivity index (χ4v) is 2.68. The van der Waals surface area contributed by atoms with E-state index >= 15 is 0 Å². The van der Waals surface area contributed by atoms with Gasteiger partial charge >= 0.3 is 5.97 Å². The van der Waals surface area contributed by atoms with E-state index in [9.17, 15) is 4.79 Å². The van der Waals surface area contributed by atoms with Crippen LogP contribution < -0.4 is 14.2 Å². The van der Waals surface area contributed by atoms with Gasteiger partial charge in [0.1, 0.15) is 5.75 Å². The fraction of sp³-hybridized carbons (Fsp3) is 0.435. The molecule has 0 bridgehead atoms. The lowest BCUT2D eigenvalue weighted by Crippen LogP contribution is -2.31. The highest BCUT2D eigenvalue weighted by molar-refractivity contribution is 5.78. The molecule has 1 unspecified atom stereocenters. The lowest BCUT2D eigenvalue weighted by molar-refractivity contribution is -0.142. The predicted octanol–water partition coefficient (Wildman–Crippen LogP) is 5.80. The molecule has 4 nitrogen and oxygen atoms in total. The number of para-hydroxylation sites is 3. The highest BCUT2D eigenvalue weighted by Crippen LogP contribution is 2.28. The van der Waals surface area contributed by atoms with Crippen molar-refractivity contribution in [1.29, 1.82) is 0 Å². The van der Waals surface area contributed by atoms with E-state index in [1.54, 1.807) is 6.07 Å². The molecule has 0 N–H and O–H groups in total. The number of benzene rings is 2. The van der Waals surface area contributed by atoms with E-state index in [2.05, 4.69) is 6.92 Å². The summed E-state index contributed by atoms with van der Waals surface area (Å²) in [6.45, 7) is 4.78. The first kappa shape index (κ1) is 20.8. The molecule has 1 atom stereocenters. The molecule has 2 rings (SSSR count). The third-order valence-electron chi connectivity index (χ3n) is 4.13. The van der Waals surface area contributed by atoms with Gasteiger partial charge in [0.05, 0.1) is 6.61 Å². The van der Waals surface area contributed by atoms with E-state index in [1.807, 2.05) is 55.5 Å². The summed E-state index contributed by atoms with van der Waals surface area (Å²) in [5.41, 5.74) is 0. The van der Waals surface area contributed by atoms with Gasteiger partial charge in [0, 0.05) is 0 Å². The summed E-state index contributed by atoms with van der Waals surface area (Å²) in [5.74, 6) is 1.30. The van der Waals surface area contributed by atoms with Gasteiger partial charge in [0.2, 0.25) is 0 Å². The number of hydrogen-bond donors (Lipinski definition) is 0. The normalized spacial score (nSPS) is 11.6. The van der Waals surface area contributed by atoms with E-state index in [0.29, 0.717) is 30.3 Å². The average Bonchev–Trinajstić information content (AvgIpc) is 2.70. The summed E-state index contributed by atoms with van der Waals surface area (Å²) in [5, 5.41) is 0. The van der Waals surface area contributed by atoms with Crippen LogP contribution >= 0.6 is 0 Å². The minimum Gasteiger partial charge on any atom is -0.490 e. The zero-order valence-electron chi connectivity index (χ0n) is 16.4. The van der Waals surface area contributed by atoms with Crippen molar-refractivity contribution in [3.8, 4) is 17.2 Å². The third-order valence-corrected chi connectivity index (χ3v) is 4.13. The molecule has 0 saturated carbocycles. The van der Waals surface area contributed by atoms with Crippen molar-refractivity contribution in [3.63, 3.8) is 0 Å². The molecule has 0 radical (unpaired) electrons. The number of rotatable bonds is 12. The monoisotopic (exact) mass is 370 g/mol. The third kappa shape index (κ3) is 7.33. The highest BCUT2D eigenvalue weighted by atomic mass is 16.6. The summed E-state index contributed by atoms with van der Waals surface area (Å²) in [6, 6.07) is 16.7. The van der Waals surface area contributed by atoms with Crippen LogP contribution in [0.3, 0.4) is 0 Å². The van der Waals surface area contributed by atoms with Gasteiger partial charge in [-0.3, -0.25) is 0 Å². The summed E-state index contributed by atoms with van der Waals surface area (Å²) >= 11 is 0. The van der Waals surface area contributed by atoms with Crippen LogP contribution in [0.2, 0.25) is 0 Å². The van der Waals surface area contributed by atoms with Gasteiger partial charge in [-0.05, 0) is 43.5 Å². The lowest BCUT2D eigenvalue weighted by atomic mass is 10.1. The van der Waals surface area contributed by atoms with Crippen molar-refractivity contribution in [1.82, 2.24) is 0 Å². The number of carbonyl (C=O) groups excluding carboxylic acids is 1. The average molecular weight is 370 g/mol. The fourth-order valence-electron chi connectivity index (χ4n) is 2.68. The quantitative estimate of drug-likeness (QED) is 0.269. The predicted molar refractivity (Wildman–Crippen MR) is 107 cm³/mol. The second-order valence-corrected chi connectivity index (χ2v) is 6.49. The molecule has 0 saturated heterocycles. The van der Waals surface area contributed by atoms with Gasteiger partial charge < -0.3 is 14.2 Å². The van der Waals surface area contributed by atoms with E-state index < -0.39 is 6.10 Å². The molecule has 0 aliphatic rings. The van der Waals surface area contributed by atoms with E-state index in [1.165, 1.54) is 0 Å². The molecular weight excluding hydrogens is 340 g/mol. The maximum Gasteiger partial charge on any atom is 0.352 e. The number of unbranched alkanes of at least 4 members (excludes halogenated alkanes) is 3. The number of hydrogen-bond acceptors (Lipinski definition) is 4. The minimum absolute atomic E-state index is 0.386. The smallest absolute Gasteiger partial charge is 0.352 e. The Morgan fingerprint density at radius 1 is 0.852 bits per heavy atom. The second-order valence-electron chi connectivity index (χ2n) is 6.49. The van der Waals surface area contributed by atoms with Gasteiger partial charge in [-0.15, -0.1) is 0 Å². The van der Waals surface area contributed by atoms with Crippen molar-refractivity contribution in [2.45, 2.75) is 58.5 Å². The van der Waals surface area contributed by atoms with Gasteiger partial charge in [-0.2, -0.15) is 0 Å². The molecular formula is C23H30O4. The van der Waals surface area contributed by atoms with Crippen LogP contribution in [0, 0.1) is 0 Å². The molecule has 0 spiro atoms. The van der Waals surface area contributed by atoms with Crippen LogP contribution in [0.5, 0.6) is 17.2 Å². The van der Waals surface area contributed by atoms with Crippen LogP contribution in [0.4, 0.5) is 0 Å². The summed E-state index contributed by atoms with van der Waals surface area (Å²) in [4.78, 5) is 12.8. The van der Waals surface area contributed by atoms with E-state index in [4.69, 9.17) is 14.2 Å². The summed E-state index contributed by atoms with van der Waals surface area (Å²) in [7, 11) is 0. The zero-order valence-corrected chi connectivity index (χ0v) is 16.4. The molecule has 2 aromatic carbocycles. The molecule has 0 heterocycles. The largest absolute Gasteiger partial charge is 0.490 e. The van der Waals surface area contributed by atoms with Crippen molar-refractivity contribution in [2.75, 3.05) is 6.61 Å². The van der Waals surface area contributed by atoms with Gasteiger partial charge in [0.15, 0.2) is 17.6 Å². The van der Waals surface area contributed by atoms with Crippen LogP contribution in [-0.2, 0) is 4.79 Å². The Morgan fingerprint density at radius 2 is 1.56 bits per heavy atom. The van der Waals surface area contributed by atoms with Gasteiger partial charge in [-0.1, -0.05) is 63.4 Å². The first-order valence-electron chi connectivity index (χ1n) is 9.89. The molecule has 0 aliphatic heterocycles. The molecule has 0 amide bonds. The highest BCUT2D eigenvalue weighted by Gasteiger charge is 2.23. The molecule has 4 heteroatoms. The molecule has 146 valence electrons. The van der Waals surface area contributed by atoms with Crippen molar-refractivity contribution in [2.24, 2.45) is 0 Å². The molecule has 2 aromatic rings. The summed E-state index contributed by atoms with van der Waals surface area (Å²) in [6.07, 6.45) is 5.19. The Bertz CT molecular complexity index is 669. The first-order valence-corrected chi connectivity index (χ1v) is 9.89. The van der Waals surface area contributed by atoms with Crippen LogP contribution in [0.25, 0.3) is 0 Å². The minimum atomic E-state index is -0.636. The van der Waals surface area contributed by atoms with Crippen LogP contribution in [0.15, 0.2) is 54.6 Å². The van der Waals surface area contributed by atoms with E-state index in [-0.39, 0.29) is 5.97 Å². The van der Waals surface area contributed by atoms with Gasteiger partial charge in [0.25, 0.3) is 0 Å².